The summed E-state index contributed by atoms with van der Waals surface area (Å²) < 4.78 is 18.7. The van der Waals surface area contributed by atoms with E-state index < -0.39 is 5.82 Å². The van der Waals surface area contributed by atoms with Crippen LogP contribution in [0.15, 0.2) is 65.1 Å². The number of amides is 1. The molecule has 0 atom stereocenters. The molecular formula is C20H11Cl2FN2O2. The lowest BCUT2D eigenvalue weighted by molar-refractivity contribution is 0.102. The number of oxazole rings is 1. The molecule has 1 amide bonds. The molecule has 3 aromatic carbocycles. The van der Waals surface area contributed by atoms with Gasteiger partial charge in [0.05, 0.1) is 10.6 Å². The molecule has 1 heterocycles. The van der Waals surface area contributed by atoms with Crippen molar-refractivity contribution >= 4 is 45.9 Å². The first-order chi connectivity index (χ1) is 13.0. The minimum Gasteiger partial charge on any atom is -0.436 e. The Balaban J connectivity index is 1.66. The molecule has 0 spiro atoms. The summed E-state index contributed by atoms with van der Waals surface area (Å²) in [6, 6.07) is 15.4. The number of aromatic nitrogens is 1. The number of fused-ring (bicyclic) bond motifs is 1. The third-order valence-electron chi connectivity index (χ3n) is 3.91. The molecule has 0 saturated carbocycles. The fourth-order valence-corrected chi connectivity index (χ4v) is 2.95. The number of rotatable bonds is 3. The van der Waals surface area contributed by atoms with Crippen LogP contribution in [-0.4, -0.2) is 10.9 Å². The number of benzene rings is 3. The van der Waals surface area contributed by atoms with Crippen molar-refractivity contribution in [3.05, 3.63) is 82.1 Å². The van der Waals surface area contributed by atoms with Gasteiger partial charge in [0.2, 0.25) is 5.89 Å². The number of nitrogens with zero attached hydrogens (tertiary/aromatic N) is 1. The van der Waals surface area contributed by atoms with Crippen molar-refractivity contribution in [2.75, 3.05) is 5.32 Å². The largest absolute Gasteiger partial charge is 0.436 e. The van der Waals surface area contributed by atoms with Crippen LogP contribution in [0.1, 0.15) is 10.4 Å². The van der Waals surface area contributed by atoms with Crippen molar-refractivity contribution in [2.24, 2.45) is 0 Å². The van der Waals surface area contributed by atoms with E-state index in [4.69, 9.17) is 27.6 Å². The van der Waals surface area contributed by atoms with E-state index in [1.165, 1.54) is 24.3 Å². The van der Waals surface area contributed by atoms with Gasteiger partial charge in [0.15, 0.2) is 5.58 Å². The van der Waals surface area contributed by atoms with Crippen molar-refractivity contribution in [1.82, 2.24) is 4.98 Å². The summed E-state index contributed by atoms with van der Waals surface area (Å²) >= 11 is 12.3. The van der Waals surface area contributed by atoms with E-state index in [2.05, 4.69) is 10.3 Å². The highest BCUT2D eigenvalue weighted by molar-refractivity contribution is 6.33. The molecule has 4 rings (SSSR count). The monoisotopic (exact) mass is 400 g/mol. The van der Waals surface area contributed by atoms with Crippen molar-refractivity contribution in [2.45, 2.75) is 0 Å². The number of hydrogen-bond donors (Lipinski definition) is 1. The molecule has 4 nitrogen and oxygen atoms in total. The van der Waals surface area contributed by atoms with Crippen molar-refractivity contribution in [3.63, 3.8) is 0 Å². The molecule has 27 heavy (non-hydrogen) atoms. The second-order valence-electron chi connectivity index (χ2n) is 5.79. The fourth-order valence-electron chi connectivity index (χ4n) is 2.59. The van der Waals surface area contributed by atoms with Gasteiger partial charge in [-0.2, -0.15) is 0 Å². The van der Waals surface area contributed by atoms with Crippen LogP contribution >= 0.6 is 23.2 Å². The normalized spacial score (nSPS) is 10.9. The Kier molecular flexibility index (Phi) is 4.56. The third-order valence-corrected chi connectivity index (χ3v) is 4.48. The van der Waals surface area contributed by atoms with Gasteiger partial charge in [-0.25, -0.2) is 9.37 Å². The Hall–Kier alpha value is -2.89. The molecule has 0 unspecified atom stereocenters. The molecule has 4 aromatic rings. The van der Waals surface area contributed by atoms with Crippen molar-refractivity contribution < 1.29 is 13.6 Å². The number of carbonyl (C=O) groups is 1. The summed E-state index contributed by atoms with van der Waals surface area (Å²) in [5, 5.41) is 3.72. The average molecular weight is 401 g/mol. The first kappa shape index (κ1) is 17.5. The van der Waals surface area contributed by atoms with Gasteiger partial charge < -0.3 is 9.73 Å². The smallest absolute Gasteiger partial charge is 0.255 e. The standard InChI is InChI=1S/C20H11Cl2FN2O2/c21-12-3-8-18-17(9-12)25-20(27-18)15-10-14(6-7-16(15)22)24-19(26)11-1-4-13(23)5-2-11/h1-10H,(H,24,26). The minimum absolute atomic E-state index is 0.315. The van der Waals surface area contributed by atoms with E-state index in [-0.39, 0.29) is 5.91 Å². The summed E-state index contributed by atoms with van der Waals surface area (Å²) in [6.45, 7) is 0. The van der Waals surface area contributed by atoms with E-state index in [9.17, 15) is 9.18 Å². The van der Waals surface area contributed by atoms with Crippen molar-refractivity contribution in [1.29, 1.82) is 0 Å². The SMILES string of the molecule is O=C(Nc1ccc(Cl)c(-c2nc3cc(Cl)ccc3o2)c1)c1ccc(F)cc1. The Morgan fingerprint density at radius 2 is 1.78 bits per heavy atom. The Morgan fingerprint density at radius 1 is 1.00 bits per heavy atom. The van der Waals surface area contributed by atoms with Gasteiger partial charge in [0, 0.05) is 16.3 Å². The predicted molar refractivity (Wildman–Crippen MR) is 104 cm³/mol. The topological polar surface area (TPSA) is 55.1 Å². The predicted octanol–water partition coefficient (Wildman–Crippen LogP) is 6.19. The van der Waals surface area contributed by atoms with Crippen LogP contribution in [0.2, 0.25) is 10.0 Å². The number of carbonyl (C=O) groups excluding carboxylic acids is 1. The summed E-state index contributed by atoms with van der Waals surface area (Å²) in [5.74, 6) is -0.459. The zero-order chi connectivity index (χ0) is 19.0. The zero-order valence-corrected chi connectivity index (χ0v) is 15.2. The molecule has 7 heteroatoms. The van der Waals surface area contributed by atoms with E-state index in [0.717, 1.165) is 0 Å². The van der Waals surface area contributed by atoms with Gasteiger partial charge in [-0.1, -0.05) is 23.2 Å². The molecule has 0 saturated heterocycles. The molecular weight excluding hydrogens is 390 g/mol. The summed E-state index contributed by atoms with van der Waals surface area (Å²) in [4.78, 5) is 16.7. The van der Waals surface area contributed by atoms with Crippen molar-refractivity contribution in [3.8, 4) is 11.5 Å². The average Bonchev–Trinajstić information content (AvgIpc) is 3.06. The van der Waals surface area contributed by atoms with Crippen LogP contribution in [-0.2, 0) is 0 Å². The molecule has 1 N–H and O–H groups in total. The minimum atomic E-state index is -0.406. The Morgan fingerprint density at radius 3 is 2.56 bits per heavy atom. The molecule has 0 fully saturated rings. The van der Waals surface area contributed by atoms with E-state index in [0.29, 0.717) is 43.9 Å². The highest BCUT2D eigenvalue weighted by Crippen LogP contribution is 2.33. The summed E-state index contributed by atoms with van der Waals surface area (Å²) in [6.07, 6.45) is 0. The molecule has 1 aromatic heterocycles. The molecule has 0 aliphatic heterocycles. The quantitative estimate of drug-likeness (QED) is 0.445. The van der Waals surface area contributed by atoms with Gasteiger partial charge in [-0.3, -0.25) is 4.79 Å². The van der Waals surface area contributed by atoms with Crippen LogP contribution in [0.25, 0.3) is 22.6 Å². The van der Waals surface area contributed by atoms with Gasteiger partial charge in [-0.05, 0) is 60.7 Å². The molecule has 0 radical (unpaired) electrons. The maximum absolute atomic E-state index is 13.0. The lowest BCUT2D eigenvalue weighted by Crippen LogP contribution is -2.11. The number of halogens is 3. The summed E-state index contributed by atoms with van der Waals surface area (Å²) in [5.41, 5.74) is 2.55. The molecule has 134 valence electrons. The maximum Gasteiger partial charge on any atom is 0.255 e. The lowest BCUT2D eigenvalue weighted by Gasteiger charge is -2.07. The van der Waals surface area contributed by atoms with Crippen LogP contribution in [0.5, 0.6) is 0 Å². The lowest BCUT2D eigenvalue weighted by atomic mass is 10.1. The first-order valence-electron chi connectivity index (χ1n) is 7.92. The highest BCUT2D eigenvalue weighted by Gasteiger charge is 2.14. The zero-order valence-electron chi connectivity index (χ0n) is 13.7. The fraction of sp³-hybridized carbons (Fsp3) is 0. The van der Waals surface area contributed by atoms with Gasteiger partial charge in [0.1, 0.15) is 11.3 Å². The Labute approximate surface area is 163 Å². The number of nitrogens with one attached hydrogen (secondary N) is 1. The van der Waals surface area contributed by atoms with Crippen LogP contribution in [0.4, 0.5) is 10.1 Å². The molecule has 0 aliphatic rings. The molecule has 0 bridgehead atoms. The van der Waals surface area contributed by atoms with Gasteiger partial charge in [-0.15, -0.1) is 0 Å². The van der Waals surface area contributed by atoms with Crippen LogP contribution < -0.4 is 5.32 Å². The summed E-state index contributed by atoms with van der Waals surface area (Å²) in [7, 11) is 0. The Bertz CT molecular complexity index is 1160. The molecule has 0 aliphatic carbocycles. The van der Waals surface area contributed by atoms with E-state index >= 15 is 0 Å². The number of hydrogen-bond acceptors (Lipinski definition) is 3. The second kappa shape index (κ2) is 7.02. The number of anilines is 1. The highest BCUT2D eigenvalue weighted by atomic mass is 35.5. The van der Waals surface area contributed by atoms with Crippen LogP contribution in [0.3, 0.4) is 0 Å². The maximum atomic E-state index is 13.0. The van der Waals surface area contributed by atoms with Gasteiger partial charge in [0.25, 0.3) is 5.91 Å². The second-order valence-corrected chi connectivity index (χ2v) is 6.63. The van der Waals surface area contributed by atoms with Crippen LogP contribution in [0, 0.1) is 5.82 Å². The van der Waals surface area contributed by atoms with E-state index in [1.807, 2.05) is 0 Å². The van der Waals surface area contributed by atoms with Gasteiger partial charge >= 0.3 is 0 Å². The first-order valence-corrected chi connectivity index (χ1v) is 8.68. The van der Waals surface area contributed by atoms with E-state index in [1.54, 1.807) is 36.4 Å². The third kappa shape index (κ3) is 3.65.